The second-order valence-electron chi connectivity index (χ2n) is 6.02. The summed E-state index contributed by atoms with van der Waals surface area (Å²) in [6.45, 7) is 4.49. The third-order valence-electron chi connectivity index (χ3n) is 4.26. The Morgan fingerprint density at radius 3 is 2.23 bits per heavy atom. The SMILES string of the molecule is CC(C)c1ccc2oc3ccccc3c2c1-c1ccccc1. The van der Waals surface area contributed by atoms with Crippen LogP contribution in [0.5, 0.6) is 0 Å². The zero-order valence-electron chi connectivity index (χ0n) is 12.8. The second-order valence-corrected chi connectivity index (χ2v) is 6.02. The Morgan fingerprint density at radius 1 is 0.727 bits per heavy atom. The molecule has 0 unspecified atom stereocenters. The largest absolute Gasteiger partial charge is 0.456 e. The minimum atomic E-state index is 0.466. The van der Waals surface area contributed by atoms with E-state index in [1.54, 1.807) is 0 Å². The average Bonchev–Trinajstić information content (AvgIpc) is 2.93. The molecule has 0 aliphatic heterocycles. The molecule has 108 valence electrons. The molecule has 4 rings (SSSR count). The van der Waals surface area contributed by atoms with Gasteiger partial charge in [0.1, 0.15) is 11.2 Å². The van der Waals surface area contributed by atoms with E-state index in [1.807, 2.05) is 12.1 Å². The van der Waals surface area contributed by atoms with Crippen LogP contribution >= 0.6 is 0 Å². The zero-order chi connectivity index (χ0) is 15.1. The smallest absolute Gasteiger partial charge is 0.136 e. The number of rotatable bonds is 2. The van der Waals surface area contributed by atoms with Gasteiger partial charge in [-0.05, 0) is 34.7 Å². The minimum Gasteiger partial charge on any atom is -0.456 e. The van der Waals surface area contributed by atoms with Crippen molar-refractivity contribution in [3.05, 3.63) is 72.3 Å². The molecule has 0 bridgehead atoms. The molecule has 1 nitrogen and oxygen atoms in total. The number of hydrogen-bond acceptors (Lipinski definition) is 1. The van der Waals surface area contributed by atoms with Gasteiger partial charge in [0.2, 0.25) is 0 Å². The molecule has 0 saturated heterocycles. The van der Waals surface area contributed by atoms with Gasteiger partial charge < -0.3 is 4.42 Å². The first kappa shape index (κ1) is 13.1. The summed E-state index contributed by atoms with van der Waals surface area (Å²) in [4.78, 5) is 0. The van der Waals surface area contributed by atoms with E-state index >= 15 is 0 Å². The van der Waals surface area contributed by atoms with Crippen molar-refractivity contribution < 1.29 is 4.42 Å². The van der Waals surface area contributed by atoms with Gasteiger partial charge in [0.25, 0.3) is 0 Å². The third-order valence-corrected chi connectivity index (χ3v) is 4.26. The predicted octanol–water partition coefficient (Wildman–Crippen LogP) is 6.38. The molecule has 3 aromatic carbocycles. The molecule has 0 aliphatic carbocycles. The summed E-state index contributed by atoms with van der Waals surface area (Å²) in [7, 11) is 0. The molecule has 0 N–H and O–H groups in total. The van der Waals surface area contributed by atoms with Crippen molar-refractivity contribution >= 4 is 21.9 Å². The fourth-order valence-electron chi connectivity index (χ4n) is 3.23. The number of benzene rings is 3. The minimum absolute atomic E-state index is 0.466. The Balaban J connectivity index is 2.20. The number of hydrogen-bond donors (Lipinski definition) is 0. The van der Waals surface area contributed by atoms with Crippen molar-refractivity contribution in [2.45, 2.75) is 19.8 Å². The van der Waals surface area contributed by atoms with Crippen molar-refractivity contribution in [1.29, 1.82) is 0 Å². The molecular weight excluding hydrogens is 268 g/mol. The lowest BCUT2D eigenvalue weighted by Crippen LogP contribution is -1.93. The molecule has 0 atom stereocenters. The van der Waals surface area contributed by atoms with Crippen molar-refractivity contribution in [2.75, 3.05) is 0 Å². The Hall–Kier alpha value is -2.54. The van der Waals surface area contributed by atoms with Gasteiger partial charge in [-0.25, -0.2) is 0 Å². The van der Waals surface area contributed by atoms with Gasteiger partial charge in [-0.3, -0.25) is 0 Å². The first-order valence-electron chi connectivity index (χ1n) is 7.75. The highest BCUT2D eigenvalue weighted by atomic mass is 16.3. The first-order valence-corrected chi connectivity index (χ1v) is 7.75. The summed E-state index contributed by atoms with van der Waals surface area (Å²) in [6, 6.07) is 23.2. The molecule has 0 aliphatic rings. The number of furan rings is 1. The van der Waals surface area contributed by atoms with Crippen molar-refractivity contribution in [1.82, 2.24) is 0 Å². The lowest BCUT2D eigenvalue weighted by Gasteiger charge is -2.14. The highest BCUT2D eigenvalue weighted by Gasteiger charge is 2.17. The fourth-order valence-corrected chi connectivity index (χ4v) is 3.23. The topological polar surface area (TPSA) is 13.1 Å². The van der Waals surface area contributed by atoms with Crippen LogP contribution < -0.4 is 0 Å². The van der Waals surface area contributed by atoms with Gasteiger partial charge in [0, 0.05) is 10.8 Å². The molecule has 0 amide bonds. The van der Waals surface area contributed by atoms with E-state index in [9.17, 15) is 0 Å². The summed E-state index contributed by atoms with van der Waals surface area (Å²) in [5.74, 6) is 0.466. The van der Waals surface area contributed by atoms with Gasteiger partial charge in [-0.1, -0.05) is 68.4 Å². The van der Waals surface area contributed by atoms with Gasteiger partial charge in [0.05, 0.1) is 0 Å². The van der Waals surface area contributed by atoms with Gasteiger partial charge >= 0.3 is 0 Å². The van der Waals surface area contributed by atoms with E-state index in [-0.39, 0.29) is 0 Å². The van der Waals surface area contributed by atoms with Crippen LogP contribution in [-0.4, -0.2) is 0 Å². The Bertz CT molecular complexity index is 946. The van der Waals surface area contributed by atoms with Crippen LogP contribution in [0, 0.1) is 0 Å². The van der Waals surface area contributed by atoms with E-state index in [2.05, 4.69) is 68.4 Å². The highest BCUT2D eigenvalue weighted by molar-refractivity contribution is 6.13. The Labute approximate surface area is 130 Å². The van der Waals surface area contributed by atoms with E-state index in [4.69, 9.17) is 4.42 Å². The maximum absolute atomic E-state index is 6.05. The van der Waals surface area contributed by atoms with Crippen LogP contribution in [0.25, 0.3) is 33.1 Å². The molecule has 0 spiro atoms. The Kier molecular flexibility index (Phi) is 3.00. The fraction of sp³-hybridized carbons (Fsp3) is 0.143. The van der Waals surface area contributed by atoms with E-state index in [0.29, 0.717) is 5.92 Å². The lowest BCUT2D eigenvalue weighted by molar-refractivity contribution is 0.668. The third kappa shape index (κ3) is 1.93. The zero-order valence-corrected chi connectivity index (χ0v) is 12.8. The van der Waals surface area contributed by atoms with Crippen LogP contribution in [0.4, 0.5) is 0 Å². The summed E-state index contributed by atoms with van der Waals surface area (Å²) in [5.41, 5.74) is 5.84. The second kappa shape index (κ2) is 5.03. The first-order chi connectivity index (χ1) is 10.8. The Morgan fingerprint density at radius 2 is 1.45 bits per heavy atom. The summed E-state index contributed by atoms with van der Waals surface area (Å²) < 4.78 is 6.05. The summed E-state index contributed by atoms with van der Waals surface area (Å²) in [5, 5.41) is 2.42. The quantitative estimate of drug-likeness (QED) is 0.417. The summed E-state index contributed by atoms with van der Waals surface area (Å²) >= 11 is 0. The van der Waals surface area contributed by atoms with Crippen LogP contribution in [0.3, 0.4) is 0 Å². The molecule has 22 heavy (non-hydrogen) atoms. The van der Waals surface area contributed by atoms with Gasteiger partial charge in [0.15, 0.2) is 0 Å². The molecule has 0 fully saturated rings. The average molecular weight is 286 g/mol. The van der Waals surface area contributed by atoms with Crippen molar-refractivity contribution in [3.63, 3.8) is 0 Å². The number of para-hydroxylation sites is 1. The molecular formula is C21H18O. The van der Waals surface area contributed by atoms with Crippen molar-refractivity contribution in [3.8, 4) is 11.1 Å². The maximum atomic E-state index is 6.05. The van der Waals surface area contributed by atoms with E-state index < -0.39 is 0 Å². The van der Waals surface area contributed by atoms with Crippen LogP contribution in [0.15, 0.2) is 71.1 Å². The van der Waals surface area contributed by atoms with Gasteiger partial charge in [-0.2, -0.15) is 0 Å². The normalized spacial score (nSPS) is 11.6. The predicted molar refractivity (Wildman–Crippen MR) is 93.2 cm³/mol. The molecule has 1 heterocycles. The molecule has 0 saturated carbocycles. The highest BCUT2D eigenvalue weighted by Crippen LogP contribution is 2.40. The molecule has 1 aromatic heterocycles. The molecule has 0 radical (unpaired) electrons. The monoisotopic (exact) mass is 286 g/mol. The molecule has 4 aromatic rings. The van der Waals surface area contributed by atoms with E-state index in [1.165, 1.54) is 27.5 Å². The standard InChI is InChI=1S/C21H18O/c1-14(2)16-12-13-19-21(17-10-6-7-11-18(17)22-19)20(16)15-8-4-3-5-9-15/h3-14H,1-2H3. The van der Waals surface area contributed by atoms with Crippen LogP contribution in [0.1, 0.15) is 25.3 Å². The molecule has 1 heteroatoms. The summed E-state index contributed by atoms with van der Waals surface area (Å²) in [6.07, 6.45) is 0. The maximum Gasteiger partial charge on any atom is 0.136 e. The van der Waals surface area contributed by atoms with Crippen LogP contribution in [-0.2, 0) is 0 Å². The van der Waals surface area contributed by atoms with Gasteiger partial charge in [-0.15, -0.1) is 0 Å². The van der Waals surface area contributed by atoms with E-state index in [0.717, 1.165) is 11.2 Å². The van der Waals surface area contributed by atoms with Crippen molar-refractivity contribution in [2.24, 2.45) is 0 Å². The van der Waals surface area contributed by atoms with Crippen LogP contribution in [0.2, 0.25) is 0 Å². The number of fused-ring (bicyclic) bond motifs is 3. The lowest BCUT2D eigenvalue weighted by atomic mass is 9.89.